The summed E-state index contributed by atoms with van der Waals surface area (Å²) >= 11 is 0. The van der Waals surface area contributed by atoms with Crippen LogP contribution in [0.2, 0.25) is 0 Å². The molecule has 1 fully saturated rings. The van der Waals surface area contributed by atoms with Gasteiger partial charge < -0.3 is 16.4 Å². The van der Waals surface area contributed by atoms with Gasteiger partial charge in [0.1, 0.15) is 0 Å². The summed E-state index contributed by atoms with van der Waals surface area (Å²) in [6.45, 7) is 3.62. The Balaban J connectivity index is 1.81. The molecule has 0 amide bonds. The Morgan fingerprint density at radius 1 is 1.33 bits per heavy atom. The lowest BCUT2D eigenvalue weighted by Gasteiger charge is -2.29. The normalized spacial score (nSPS) is 31.9. The van der Waals surface area contributed by atoms with E-state index in [1.807, 2.05) is 12.2 Å². The zero-order valence-corrected chi connectivity index (χ0v) is 9.28. The van der Waals surface area contributed by atoms with Crippen LogP contribution in [0.5, 0.6) is 0 Å². The van der Waals surface area contributed by atoms with Gasteiger partial charge in [-0.25, -0.2) is 0 Å². The third-order valence-electron chi connectivity index (χ3n) is 3.42. The van der Waals surface area contributed by atoms with Gasteiger partial charge in [-0.2, -0.15) is 0 Å². The molecular weight excluding hydrogens is 186 g/mol. The summed E-state index contributed by atoms with van der Waals surface area (Å²) < 4.78 is 0. The number of nitrogens with zero attached hydrogens (tertiary/aromatic N) is 1. The van der Waals surface area contributed by atoms with Crippen LogP contribution in [0.1, 0.15) is 25.7 Å². The molecule has 1 unspecified atom stereocenters. The summed E-state index contributed by atoms with van der Waals surface area (Å²) in [6.07, 6.45) is 10.6. The summed E-state index contributed by atoms with van der Waals surface area (Å²) in [7, 11) is 0. The van der Waals surface area contributed by atoms with E-state index >= 15 is 0 Å². The third kappa shape index (κ3) is 2.83. The van der Waals surface area contributed by atoms with E-state index in [-0.39, 0.29) is 5.54 Å². The predicted octanol–water partition coefficient (Wildman–Crippen LogP) is 0.972. The van der Waals surface area contributed by atoms with Crippen LogP contribution in [0, 0.1) is 0 Å². The molecule has 2 rings (SSSR count). The fourth-order valence-corrected chi connectivity index (χ4v) is 2.26. The summed E-state index contributed by atoms with van der Waals surface area (Å²) in [5, 5.41) is 0. The van der Waals surface area contributed by atoms with E-state index in [4.69, 9.17) is 11.5 Å². The maximum atomic E-state index is 6.29. The quantitative estimate of drug-likeness (QED) is 0.725. The first-order valence-electron chi connectivity index (χ1n) is 5.84. The minimum absolute atomic E-state index is 0.161. The average Bonchev–Trinajstić information content (AvgIpc) is 2.73. The predicted molar refractivity (Wildman–Crippen MR) is 63.2 cm³/mol. The Hall–Kier alpha value is -0.800. The van der Waals surface area contributed by atoms with Crippen molar-refractivity contribution in [3.63, 3.8) is 0 Å². The van der Waals surface area contributed by atoms with Crippen molar-refractivity contribution < 1.29 is 0 Å². The molecule has 3 nitrogen and oxygen atoms in total. The number of hydrogen-bond acceptors (Lipinski definition) is 3. The van der Waals surface area contributed by atoms with Gasteiger partial charge in [-0.1, -0.05) is 12.2 Å². The fraction of sp³-hybridized carbons (Fsp3) is 0.667. The van der Waals surface area contributed by atoms with Gasteiger partial charge in [-0.05, 0) is 44.8 Å². The Morgan fingerprint density at radius 3 is 2.67 bits per heavy atom. The van der Waals surface area contributed by atoms with Crippen molar-refractivity contribution in [3.8, 4) is 0 Å². The lowest BCUT2D eigenvalue weighted by Crippen LogP contribution is -2.41. The number of likely N-dealkylation sites (tertiary alicyclic amines) is 1. The van der Waals surface area contributed by atoms with E-state index in [0.29, 0.717) is 0 Å². The maximum Gasteiger partial charge on any atom is 0.0390 e. The molecule has 0 aromatic heterocycles. The van der Waals surface area contributed by atoms with Crippen molar-refractivity contribution in [1.82, 2.24) is 4.90 Å². The zero-order chi connectivity index (χ0) is 10.7. The molecule has 1 aliphatic carbocycles. The first kappa shape index (κ1) is 10.7. The molecule has 0 radical (unpaired) electrons. The molecule has 1 saturated heterocycles. The molecule has 1 atom stereocenters. The van der Waals surface area contributed by atoms with Crippen molar-refractivity contribution in [1.29, 1.82) is 0 Å². The zero-order valence-electron chi connectivity index (χ0n) is 9.28. The second-order valence-electron chi connectivity index (χ2n) is 4.77. The second-order valence-corrected chi connectivity index (χ2v) is 4.77. The fourth-order valence-electron chi connectivity index (χ4n) is 2.26. The molecule has 0 saturated carbocycles. The van der Waals surface area contributed by atoms with E-state index < -0.39 is 0 Å². The smallest absolute Gasteiger partial charge is 0.0390 e. The van der Waals surface area contributed by atoms with E-state index in [1.54, 1.807) is 0 Å². The van der Waals surface area contributed by atoms with Crippen LogP contribution in [0.25, 0.3) is 0 Å². The van der Waals surface area contributed by atoms with Crippen LogP contribution >= 0.6 is 0 Å². The van der Waals surface area contributed by atoms with Crippen molar-refractivity contribution in [2.45, 2.75) is 31.2 Å². The first-order chi connectivity index (χ1) is 7.18. The van der Waals surface area contributed by atoms with Crippen molar-refractivity contribution in [2.24, 2.45) is 11.5 Å². The van der Waals surface area contributed by atoms with E-state index in [9.17, 15) is 0 Å². The highest BCUT2D eigenvalue weighted by Gasteiger charge is 2.24. The molecule has 0 bridgehead atoms. The largest absolute Gasteiger partial charge is 0.399 e. The molecule has 0 aromatic carbocycles. The van der Waals surface area contributed by atoms with Gasteiger partial charge in [-0.3, -0.25) is 0 Å². The van der Waals surface area contributed by atoms with Gasteiger partial charge in [0, 0.05) is 17.8 Å². The topological polar surface area (TPSA) is 55.3 Å². The third-order valence-corrected chi connectivity index (χ3v) is 3.42. The number of hydrogen-bond donors (Lipinski definition) is 2. The van der Waals surface area contributed by atoms with Crippen LogP contribution in [0.15, 0.2) is 23.9 Å². The maximum absolute atomic E-state index is 6.29. The van der Waals surface area contributed by atoms with Gasteiger partial charge in [0.15, 0.2) is 0 Å². The Kier molecular flexibility index (Phi) is 3.12. The van der Waals surface area contributed by atoms with Crippen LogP contribution in [0.3, 0.4) is 0 Å². The first-order valence-corrected chi connectivity index (χ1v) is 5.84. The molecular formula is C12H21N3. The monoisotopic (exact) mass is 207 g/mol. The molecule has 2 aliphatic rings. The van der Waals surface area contributed by atoms with Crippen LogP contribution in [-0.2, 0) is 0 Å². The highest BCUT2D eigenvalue weighted by molar-refractivity contribution is 5.26. The van der Waals surface area contributed by atoms with Gasteiger partial charge in [-0.15, -0.1) is 0 Å². The summed E-state index contributed by atoms with van der Waals surface area (Å²) in [4.78, 5) is 2.50. The van der Waals surface area contributed by atoms with Crippen LogP contribution < -0.4 is 11.5 Å². The molecule has 84 valence electrons. The summed E-state index contributed by atoms with van der Waals surface area (Å²) in [6, 6.07) is 0. The van der Waals surface area contributed by atoms with Crippen molar-refractivity contribution in [3.05, 3.63) is 23.9 Å². The number of rotatable bonds is 3. The molecule has 1 heterocycles. The van der Waals surface area contributed by atoms with Crippen molar-refractivity contribution in [2.75, 3.05) is 19.6 Å². The van der Waals surface area contributed by atoms with Crippen molar-refractivity contribution >= 4 is 0 Å². The molecule has 1 aliphatic heterocycles. The SMILES string of the molecule is NC1=CCC(N)(CCN2CCCC2)C=C1. The Bertz CT molecular complexity index is 277. The Labute approximate surface area is 91.8 Å². The standard InChI is InChI=1S/C12H21N3/c13-11-3-5-12(14,6-4-11)7-10-15-8-1-2-9-15/h3-5H,1-2,6-10,13-14H2. The summed E-state index contributed by atoms with van der Waals surface area (Å²) in [5.74, 6) is 0. The molecule has 3 heteroatoms. The lowest BCUT2D eigenvalue weighted by atomic mass is 9.88. The molecule has 0 aromatic rings. The Morgan fingerprint density at radius 2 is 2.07 bits per heavy atom. The highest BCUT2D eigenvalue weighted by Crippen LogP contribution is 2.21. The van der Waals surface area contributed by atoms with Gasteiger partial charge in [0.05, 0.1) is 0 Å². The number of nitrogens with two attached hydrogens (primary N) is 2. The highest BCUT2D eigenvalue weighted by atomic mass is 15.1. The lowest BCUT2D eigenvalue weighted by molar-refractivity contribution is 0.301. The number of allylic oxidation sites excluding steroid dienone is 1. The molecule has 15 heavy (non-hydrogen) atoms. The van der Waals surface area contributed by atoms with E-state index in [1.165, 1.54) is 25.9 Å². The van der Waals surface area contributed by atoms with E-state index in [0.717, 1.165) is 25.1 Å². The molecule has 0 spiro atoms. The average molecular weight is 207 g/mol. The van der Waals surface area contributed by atoms with Gasteiger partial charge in [0.25, 0.3) is 0 Å². The van der Waals surface area contributed by atoms with Crippen LogP contribution in [-0.4, -0.2) is 30.1 Å². The minimum Gasteiger partial charge on any atom is -0.399 e. The minimum atomic E-state index is -0.161. The van der Waals surface area contributed by atoms with Gasteiger partial charge in [0.2, 0.25) is 0 Å². The van der Waals surface area contributed by atoms with Crippen LogP contribution in [0.4, 0.5) is 0 Å². The van der Waals surface area contributed by atoms with Gasteiger partial charge >= 0.3 is 0 Å². The van der Waals surface area contributed by atoms with E-state index in [2.05, 4.69) is 11.0 Å². The second kappa shape index (κ2) is 4.37. The summed E-state index contributed by atoms with van der Waals surface area (Å²) in [5.41, 5.74) is 12.7. The molecule has 4 N–H and O–H groups in total.